The molecule has 8 nitrogen and oxygen atoms in total. The second-order valence-electron chi connectivity index (χ2n) is 6.67. The van der Waals surface area contributed by atoms with Gasteiger partial charge in [-0.1, -0.05) is 0 Å². The first kappa shape index (κ1) is 19.4. The van der Waals surface area contributed by atoms with Gasteiger partial charge in [0.15, 0.2) is 6.10 Å². The van der Waals surface area contributed by atoms with Gasteiger partial charge in [-0.2, -0.15) is 0 Å². The van der Waals surface area contributed by atoms with Gasteiger partial charge in [0.25, 0.3) is 5.89 Å². The Morgan fingerprint density at radius 3 is 2.30 bits per heavy atom. The molecular weight excluding hydrogens is 393 g/mol. The van der Waals surface area contributed by atoms with Crippen molar-refractivity contribution >= 4 is 23.5 Å². The summed E-state index contributed by atoms with van der Waals surface area (Å²) in [7, 11) is 0. The Balaban J connectivity index is 1.43. The van der Waals surface area contributed by atoms with Crippen LogP contribution in [-0.2, 0) is 14.3 Å². The quantitative estimate of drug-likeness (QED) is 0.470. The van der Waals surface area contributed by atoms with Crippen molar-refractivity contribution in [1.29, 1.82) is 0 Å². The summed E-state index contributed by atoms with van der Waals surface area (Å²) in [6.07, 6.45) is -0.449. The lowest BCUT2D eigenvalue weighted by atomic mass is 10.2. The third-order valence-corrected chi connectivity index (χ3v) is 4.58. The Morgan fingerprint density at radius 2 is 1.67 bits per heavy atom. The number of anilines is 1. The van der Waals surface area contributed by atoms with E-state index in [-0.39, 0.29) is 47.8 Å². The van der Waals surface area contributed by atoms with Gasteiger partial charge in [0.1, 0.15) is 5.82 Å². The summed E-state index contributed by atoms with van der Waals surface area (Å²) in [6, 6.07) is 11.5. The summed E-state index contributed by atoms with van der Waals surface area (Å²) < 4.78 is 23.9. The van der Waals surface area contributed by atoms with E-state index in [1.165, 1.54) is 48.5 Å². The fourth-order valence-corrected chi connectivity index (χ4v) is 3.00. The number of imide groups is 1. The van der Waals surface area contributed by atoms with Gasteiger partial charge in [0.05, 0.1) is 11.3 Å². The Labute approximate surface area is 170 Å². The third kappa shape index (κ3) is 3.82. The largest absolute Gasteiger partial charge is 0.449 e. The van der Waals surface area contributed by atoms with Crippen LogP contribution in [0, 0.1) is 5.82 Å². The standard InChI is InChI=1S/C21H16FN3O5/c1-12(19-23-24-20(30-19)13-2-6-15(22)7-3-13)29-21(28)14-4-8-16(9-5-14)25-17(26)10-11-18(25)27/h2-9,12H,10-11H2,1H3/t12-/m0/s1. The number of carbonyl (C=O) groups excluding carboxylic acids is 3. The van der Waals surface area contributed by atoms with Crippen LogP contribution >= 0.6 is 0 Å². The van der Waals surface area contributed by atoms with Crippen molar-refractivity contribution in [2.45, 2.75) is 25.9 Å². The predicted molar refractivity (Wildman–Crippen MR) is 102 cm³/mol. The highest BCUT2D eigenvalue weighted by Crippen LogP contribution is 2.25. The van der Waals surface area contributed by atoms with Crippen LogP contribution in [0.15, 0.2) is 52.9 Å². The number of hydrogen-bond acceptors (Lipinski definition) is 7. The summed E-state index contributed by atoms with van der Waals surface area (Å²) in [5.41, 5.74) is 1.19. The number of benzene rings is 2. The maximum atomic E-state index is 13.0. The summed E-state index contributed by atoms with van der Waals surface area (Å²) in [4.78, 5) is 37.1. The molecule has 0 spiro atoms. The fourth-order valence-electron chi connectivity index (χ4n) is 3.00. The van der Waals surface area contributed by atoms with Crippen molar-refractivity contribution in [2.75, 3.05) is 4.90 Å². The molecule has 0 saturated carbocycles. The van der Waals surface area contributed by atoms with E-state index in [0.29, 0.717) is 11.3 Å². The number of rotatable bonds is 5. The van der Waals surface area contributed by atoms with E-state index in [1.807, 2.05) is 0 Å². The van der Waals surface area contributed by atoms with Crippen LogP contribution in [0.1, 0.15) is 42.1 Å². The van der Waals surface area contributed by atoms with Crippen LogP contribution in [-0.4, -0.2) is 28.0 Å². The van der Waals surface area contributed by atoms with E-state index in [9.17, 15) is 18.8 Å². The molecule has 4 rings (SSSR count). The number of halogens is 1. The topological polar surface area (TPSA) is 103 Å². The zero-order chi connectivity index (χ0) is 21.3. The van der Waals surface area contributed by atoms with Gasteiger partial charge >= 0.3 is 5.97 Å². The lowest BCUT2D eigenvalue weighted by molar-refractivity contribution is -0.121. The molecule has 1 saturated heterocycles. The molecule has 0 bridgehead atoms. The molecule has 152 valence electrons. The minimum Gasteiger partial charge on any atom is -0.449 e. The van der Waals surface area contributed by atoms with Crippen LogP contribution < -0.4 is 4.90 Å². The van der Waals surface area contributed by atoms with Crippen LogP contribution in [0.2, 0.25) is 0 Å². The van der Waals surface area contributed by atoms with Gasteiger partial charge in [0.2, 0.25) is 17.7 Å². The van der Waals surface area contributed by atoms with Gasteiger partial charge in [-0.25, -0.2) is 9.18 Å². The Morgan fingerprint density at radius 1 is 1.03 bits per heavy atom. The molecule has 2 amide bonds. The Hall–Kier alpha value is -3.88. The smallest absolute Gasteiger partial charge is 0.338 e. The first-order chi connectivity index (χ1) is 14.4. The van der Waals surface area contributed by atoms with Crippen LogP contribution in [0.25, 0.3) is 11.5 Å². The number of amides is 2. The second-order valence-corrected chi connectivity index (χ2v) is 6.67. The van der Waals surface area contributed by atoms with E-state index >= 15 is 0 Å². The fraction of sp³-hybridized carbons (Fsp3) is 0.190. The van der Waals surface area contributed by atoms with Gasteiger partial charge in [-0.3, -0.25) is 14.5 Å². The van der Waals surface area contributed by atoms with Crippen LogP contribution in [0.3, 0.4) is 0 Å². The summed E-state index contributed by atoms with van der Waals surface area (Å²) in [5.74, 6) is -1.28. The summed E-state index contributed by atoms with van der Waals surface area (Å²) >= 11 is 0. The minimum atomic E-state index is -0.819. The molecule has 3 aromatic rings. The SMILES string of the molecule is C[C@H](OC(=O)c1ccc(N2C(=O)CCC2=O)cc1)c1nnc(-c2ccc(F)cc2)o1. The number of aromatic nitrogens is 2. The Bertz CT molecular complexity index is 1090. The lowest BCUT2D eigenvalue weighted by Crippen LogP contribution is -2.28. The minimum absolute atomic E-state index is 0.0903. The summed E-state index contributed by atoms with van der Waals surface area (Å²) in [6.45, 7) is 1.58. The lowest BCUT2D eigenvalue weighted by Gasteiger charge is -2.14. The predicted octanol–water partition coefficient (Wildman–Crippen LogP) is 3.45. The number of ether oxygens (including phenoxy) is 1. The van der Waals surface area contributed by atoms with Crippen molar-refractivity contribution in [3.05, 3.63) is 65.8 Å². The van der Waals surface area contributed by atoms with Gasteiger partial charge < -0.3 is 9.15 Å². The van der Waals surface area contributed by atoms with Crippen molar-refractivity contribution in [2.24, 2.45) is 0 Å². The molecule has 1 aliphatic heterocycles. The van der Waals surface area contributed by atoms with Crippen molar-refractivity contribution in [1.82, 2.24) is 10.2 Å². The molecule has 9 heteroatoms. The number of esters is 1. The monoisotopic (exact) mass is 409 g/mol. The average molecular weight is 409 g/mol. The van der Waals surface area contributed by atoms with Crippen molar-refractivity contribution < 1.29 is 27.9 Å². The van der Waals surface area contributed by atoms with Crippen molar-refractivity contribution in [3.63, 3.8) is 0 Å². The van der Waals surface area contributed by atoms with Crippen LogP contribution in [0.4, 0.5) is 10.1 Å². The molecule has 0 radical (unpaired) electrons. The second kappa shape index (κ2) is 7.86. The highest BCUT2D eigenvalue weighted by Gasteiger charge is 2.30. The van der Waals surface area contributed by atoms with Gasteiger partial charge in [0, 0.05) is 18.4 Å². The Kier molecular flexibility index (Phi) is 5.09. The van der Waals surface area contributed by atoms with E-state index < -0.39 is 12.1 Å². The molecule has 2 aromatic carbocycles. The molecule has 2 heterocycles. The average Bonchev–Trinajstić information content (AvgIpc) is 3.36. The normalized spacial score (nSPS) is 14.8. The third-order valence-electron chi connectivity index (χ3n) is 4.58. The maximum Gasteiger partial charge on any atom is 0.338 e. The molecule has 1 fully saturated rings. The maximum absolute atomic E-state index is 13.0. The van der Waals surface area contributed by atoms with E-state index in [0.717, 1.165) is 4.90 Å². The first-order valence-corrected chi connectivity index (χ1v) is 9.18. The molecule has 0 aliphatic carbocycles. The van der Waals surface area contributed by atoms with E-state index in [2.05, 4.69) is 10.2 Å². The molecule has 0 unspecified atom stereocenters. The van der Waals surface area contributed by atoms with E-state index in [4.69, 9.17) is 9.15 Å². The number of carbonyl (C=O) groups is 3. The molecule has 1 aliphatic rings. The first-order valence-electron chi connectivity index (χ1n) is 9.18. The highest BCUT2D eigenvalue weighted by molar-refractivity contribution is 6.19. The van der Waals surface area contributed by atoms with Gasteiger partial charge in [-0.05, 0) is 55.5 Å². The number of nitrogens with zero attached hydrogens (tertiary/aromatic N) is 3. The van der Waals surface area contributed by atoms with Gasteiger partial charge in [-0.15, -0.1) is 10.2 Å². The number of hydrogen-bond donors (Lipinski definition) is 0. The molecule has 30 heavy (non-hydrogen) atoms. The molecule has 1 atom stereocenters. The molecule has 1 aromatic heterocycles. The molecule has 0 N–H and O–H groups in total. The van der Waals surface area contributed by atoms with E-state index in [1.54, 1.807) is 6.92 Å². The van der Waals surface area contributed by atoms with Crippen molar-refractivity contribution in [3.8, 4) is 11.5 Å². The highest BCUT2D eigenvalue weighted by atomic mass is 19.1. The zero-order valence-electron chi connectivity index (χ0n) is 15.9. The zero-order valence-corrected chi connectivity index (χ0v) is 15.9. The molecular formula is C21H16FN3O5. The van der Waals surface area contributed by atoms with Crippen LogP contribution in [0.5, 0.6) is 0 Å². The summed E-state index contributed by atoms with van der Waals surface area (Å²) in [5, 5.41) is 7.76.